The number of nitrogens with two attached hydrogens (primary N) is 1. The van der Waals surface area contributed by atoms with Gasteiger partial charge in [-0.15, -0.1) is 0 Å². The van der Waals surface area contributed by atoms with Gasteiger partial charge >= 0.3 is 13.7 Å². The van der Waals surface area contributed by atoms with E-state index in [1.54, 1.807) is 32.0 Å². The SMILES string of the molecule is COc1nc(N)nc2c1ncn2[C@@H]1O[C@H](COP(=O)(NC(C(=O)OCC(C)(C)C)C(C)C)Oc2cccc3ccccc23)[C@@H](O)[C@@]1(C)O. The minimum absolute atomic E-state index is 0.0995. The Morgan fingerprint density at radius 1 is 1.19 bits per heavy atom. The van der Waals surface area contributed by atoms with Gasteiger partial charge in [-0.2, -0.15) is 15.1 Å². The predicted molar refractivity (Wildman–Crippen MR) is 177 cm³/mol. The molecule has 6 atom stereocenters. The first kappa shape index (κ1) is 35.5. The van der Waals surface area contributed by atoms with E-state index in [1.807, 2.05) is 45.0 Å². The van der Waals surface area contributed by atoms with Crippen molar-refractivity contribution in [2.24, 2.45) is 11.3 Å². The Morgan fingerprint density at radius 2 is 1.90 bits per heavy atom. The third-order valence-electron chi connectivity index (χ3n) is 7.85. The number of carbonyl (C=O) groups is 1. The number of hydrogen-bond donors (Lipinski definition) is 4. The summed E-state index contributed by atoms with van der Waals surface area (Å²) >= 11 is 0. The van der Waals surface area contributed by atoms with Crippen LogP contribution in [0, 0.1) is 11.3 Å². The zero-order valence-corrected chi connectivity index (χ0v) is 28.9. The van der Waals surface area contributed by atoms with Crippen molar-refractivity contribution in [3.05, 3.63) is 48.8 Å². The molecule has 15 nitrogen and oxygen atoms in total. The number of benzene rings is 2. The minimum Gasteiger partial charge on any atom is -0.479 e. The summed E-state index contributed by atoms with van der Waals surface area (Å²) in [6.07, 6.45) is -2.64. The van der Waals surface area contributed by atoms with Gasteiger partial charge in [-0.1, -0.05) is 71.0 Å². The molecule has 16 heteroatoms. The quantitative estimate of drug-likeness (QED) is 0.123. The van der Waals surface area contributed by atoms with Gasteiger partial charge in [0.1, 0.15) is 29.6 Å². The molecule has 1 saturated heterocycles. The monoisotopic (exact) mass is 686 g/mol. The smallest absolute Gasteiger partial charge is 0.459 e. The predicted octanol–water partition coefficient (Wildman–Crippen LogP) is 3.99. The van der Waals surface area contributed by atoms with Crippen molar-refractivity contribution < 1.29 is 42.8 Å². The highest BCUT2D eigenvalue weighted by molar-refractivity contribution is 7.52. The summed E-state index contributed by atoms with van der Waals surface area (Å²) in [5, 5.41) is 27.0. The summed E-state index contributed by atoms with van der Waals surface area (Å²) in [5.41, 5.74) is 4.11. The van der Waals surface area contributed by atoms with Crippen molar-refractivity contribution in [2.75, 3.05) is 26.1 Å². The summed E-state index contributed by atoms with van der Waals surface area (Å²) < 4.78 is 45.0. The fourth-order valence-corrected chi connectivity index (χ4v) is 6.97. The molecular formula is C32H43N6O9P. The lowest BCUT2D eigenvalue weighted by Crippen LogP contribution is -2.45. The lowest BCUT2D eigenvalue weighted by atomic mass is 9.96. The third kappa shape index (κ3) is 7.41. The first-order chi connectivity index (χ1) is 22.5. The Bertz CT molecular complexity index is 1820. The molecule has 1 aliphatic rings. The number of nitrogens with one attached hydrogen (secondary N) is 1. The van der Waals surface area contributed by atoms with Crippen LogP contribution in [0.15, 0.2) is 48.8 Å². The van der Waals surface area contributed by atoms with Crippen LogP contribution in [0.25, 0.3) is 21.9 Å². The normalized spacial score (nSPS) is 23.3. The molecule has 5 N–H and O–H groups in total. The number of ether oxygens (including phenoxy) is 3. The minimum atomic E-state index is -4.43. The van der Waals surface area contributed by atoms with E-state index in [4.69, 9.17) is 29.0 Å². The maximum atomic E-state index is 14.6. The number of imidazole rings is 1. The van der Waals surface area contributed by atoms with E-state index >= 15 is 0 Å². The Hall–Kier alpha value is -3.85. The fourth-order valence-electron chi connectivity index (χ4n) is 5.29. The number of nitrogens with zero attached hydrogens (tertiary/aromatic N) is 4. The molecule has 5 rings (SSSR count). The van der Waals surface area contributed by atoms with E-state index in [1.165, 1.54) is 24.9 Å². The van der Waals surface area contributed by atoms with Gasteiger partial charge in [0.05, 0.1) is 26.7 Å². The Balaban J connectivity index is 1.44. The van der Waals surface area contributed by atoms with Crippen LogP contribution in [0.1, 0.15) is 47.8 Å². The van der Waals surface area contributed by atoms with Gasteiger partial charge in [0.15, 0.2) is 17.4 Å². The number of aliphatic hydroxyl groups is 2. The summed E-state index contributed by atoms with van der Waals surface area (Å²) in [4.78, 5) is 25.8. The first-order valence-corrected chi connectivity index (χ1v) is 17.0. The molecule has 1 fully saturated rings. The average Bonchev–Trinajstić information content (AvgIpc) is 3.54. The first-order valence-electron chi connectivity index (χ1n) is 15.5. The van der Waals surface area contributed by atoms with E-state index in [0.717, 1.165) is 5.39 Å². The number of fused-ring (bicyclic) bond motifs is 2. The standard InChI is InChI=1S/C32H43N6O9P/c1-18(2)23(28(40)44-16-31(3,4)5)37-48(42,47-21-14-10-12-19-11-8-9-13-20(19)21)45-15-22-25(39)32(6,41)29(46-22)38-17-34-24-26(38)35-30(33)36-27(24)43-7/h8-14,17-18,22-23,25,29,39,41H,15-16H2,1-7H3,(H,37,42)(H2,33,35,36)/t22-,23?,25-,29-,32-,48?/m1/s1. The summed E-state index contributed by atoms with van der Waals surface area (Å²) in [5.74, 6) is -0.757. The molecule has 2 aromatic heterocycles. The highest BCUT2D eigenvalue weighted by Gasteiger charge is 2.54. The van der Waals surface area contributed by atoms with Crippen molar-refractivity contribution in [1.82, 2.24) is 24.6 Å². The summed E-state index contributed by atoms with van der Waals surface area (Å²) in [7, 11) is -3.02. The van der Waals surface area contributed by atoms with Crippen LogP contribution < -0.4 is 20.1 Å². The number of esters is 1. The Labute approximate surface area is 278 Å². The highest BCUT2D eigenvalue weighted by atomic mass is 31.2. The third-order valence-corrected chi connectivity index (χ3v) is 9.37. The maximum Gasteiger partial charge on any atom is 0.459 e. The van der Waals surface area contributed by atoms with E-state index < -0.39 is 50.4 Å². The van der Waals surface area contributed by atoms with Crippen LogP contribution in [0.5, 0.6) is 11.6 Å². The van der Waals surface area contributed by atoms with Crippen molar-refractivity contribution in [1.29, 1.82) is 0 Å². The van der Waals surface area contributed by atoms with E-state index in [0.29, 0.717) is 5.39 Å². The fraction of sp³-hybridized carbons (Fsp3) is 0.500. The number of aliphatic hydroxyl groups excluding tert-OH is 1. The van der Waals surface area contributed by atoms with Crippen LogP contribution in [0.2, 0.25) is 0 Å². The molecule has 0 bridgehead atoms. The molecule has 2 aromatic carbocycles. The summed E-state index contributed by atoms with van der Waals surface area (Å²) in [6.45, 7) is 10.3. The zero-order chi connectivity index (χ0) is 35.0. The Morgan fingerprint density at radius 3 is 2.58 bits per heavy atom. The number of hydrogen-bond acceptors (Lipinski definition) is 13. The van der Waals surface area contributed by atoms with E-state index in [9.17, 15) is 19.6 Å². The lowest BCUT2D eigenvalue weighted by Gasteiger charge is -2.29. The average molecular weight is 687 g/mol. The molecule has 4 aromatic rings. The second-order valence-corrected chi connectivity index (χ2v) is 15.2. The largest absolute Gasteiger partial charge is 0.479 e. The maximum absolute atomic E-state index is 14.6. The van der Waals surface area contributed by atoms with Gasteiger partial charge in [-0.25, -0.2) is 9.55 Å². The molecule has 0 saturated carbocycles. The molecule has 0 aliphatic carbocycles. The number of anilines is 1. The molecule has 3 heterocycles. The number of methoxy groups -OCH3 is 1. The van der Waals surface area contributed by atoms with Crippen LogP contribution >= 0.6 is 7.75 Å². The van der Waals surface area contributed by atoms with Gasteiger partial charge in [0.2, 0.25) is 11.8 Å². The van der Waals surface area contributed by atoms with Crippen molar-refractivity contribution in [2.45, 2.75) is 71.6 Å². The molecule has 260 valence electrons. The second-order valence-electron chi connectivity index (χ2n) is 13.5. The van der Waals surface area contributed by atoms with Crippen molar-refractivity contribution in [3.63, 3.8) is 0 Å². The molecule has 0 radical (unpaired) electrons. The molecular weight excluding hydrogens is 643 g/mol. The molecule has 0 amide bonds. The van der Waals surface area contributed by atoms with Gasteiger partial charge < -0.3 is 34.7 Å². The van der Waals surface area contributed by atoms with E-state index in [2.05, 4.69) is 20.0 Å². The molecule has 1 aliphatic heterocycles. The van der Waals surface area contributed by atoms with Gasteiger partial charge in [0.25, 0.3) is 0 Å². The summed E-state index contributed by atoms with van der Waals surface area (Å²) in [6, 6.07) is 11.5. The molecule has 48 heavy (non-hydrogen) atoms. The van der Waals surface area contributed by atoms with Gasteiger partial charge in [-0.05, 0) is 29.7 Å². The zero-order valence-electron chi connectivity index (χ0n) is 28.0. The molecule has 2 unspecified atom stereocenters. The van der Waals surface area contributed by atoms with Crippen LogP contribution in [-0.4, -0.2) is 79.9 Å². The highest BCUT2D eigenvalue weighted by Crippen LogP contribution is 2.49. The number of nitrogen functional groups attached to an aromatic ring is 1. The van der Waals surface area contributed by atoms with Crippen LogP contribution in [-0.2, 0) is 23.4 Å². The van der Waals surface area contributed by atoms with Gasteiger partial charge in [0, 0.05) is 5.39 Å². The van der Waals surface area contributed by atoms with Crippen molar-refractivity contribution >= 4 is 41.6 Å². The second kappa shape index (κ2) is 13.6. The van der Waals surface area contributed by atoms with Crippen molar-refractivity contribution in [3.8, 4) is 11.6 Å². The number of rotatable bonds is 12. The van der Waals surface area contributed by atoms with Crippen LogP contribution in [0.3, 0.4) is 0 Å². The topological polar surface area (TPSA) is 202 Å². The van der Waals surface area contributed by atoms with Gasteiger partial charge in [-0.3, -0.25) is 13.9 Å². The molecule has 0 spiro atoms. The van der Waals surface area contributed by atoms with Crippen LogP contribution in [0.4, 0.5) is 5.95 Å². The number of aromatic nitrogens is 4. The van der Waals surface area contributed by atoms with E-state index in [-0.39, 0.29) is 46.7 Å². The Kier molecular flexibility index (Phi) is 10.0. The lowest BCUT2D eigenvalue weighted by molar-refractivity contribution is -0.149. The number of carbonyl (C=O) groups excluding carboxylic acids is 1.